The first-order valence-electron chi connectivity index (χ1n) is 9.40. The molecule has 7 nitrogen and oxygen atoms in total. The van der Waals surface area contributed by atoms with Gasteiger partial charge in [0.15, 0.2) is 23.0 Å². The van der Waals surface area contributed by atoms with Crippen LogP contribution < -0.4 is 9.47 Å². The van der Waals surface area contributed by atoms with Crippen molar-refractivity contribution in [3.05, 3.63) is 47.0 Å². The Bertz CT molecular complexity index is 893. The molecule has 0 fully saturated rings. The predicted molar refractivity (Wildman–Crippen MR) is 106 cm³/mol. The molecule has 0 spiro atoms. The molecule has 0 radical (unpaired) electrons. The SMILES string of the molecule is COc1cc([C@H]2c3cc(O)c(OC)cc3C[C@@H](CO)[C@@H]2COC(C)=O)ccc1O. The number of carbonyl (C=O) groups excluding carboxylic acids is 1. The summed E-state index contributed by atoms with van der Waals surface area (Å²) in [7, 11) is 2.96. The van der Waals surface area contributed by atoms with E-state index in [1.54, 1.807) is 30.3 Å². The predicted octanol–water partition coefficient (Wildman–Crippen LogP) is 2.59. The van der Waals surface area contributed by atoms with Crippen molar-refractivity contribution in [1.82, 2.24) is 0 Å². The van der Waals surface area contributed by atoms with Gasteiger partial charge >= 0.3 is 5.97 Å². The molecule has 0 aromatic heterocycles. The fourth-order valence-corrected chi connectivity index (χ4v) is 4.15. The lowest BCUT2D eigenvalue weighted by atomic mass is 9.67. The van der Waals surface area contributed by atoms with Crippen LogP contribution in [0.15, 0.2) is 30.3 Å². The summed E-state index contributed by atoms with van der Waals surface area (Å²) < 4.78 is 15.8. The summed E-state index contributed by atoms with van der Waals surface area (Å²) in [6.07, 6.45) is 0.556. The van der Waals surface area contributed by atoms with Crippen molar-refractivity contribution in [2.45, 2.75) is 19.3 Å². The van der Waals surface area contributed by atoms with Gasteiger partial charge in [-0.1, -0.05) is 6.07 Å². The van der Waals surface area contributed by atoms with Gasteiger partial charge in [-0.2, -0.15) is 0 Å². The number of methoxy groups -OCH3 is 2. The average Bonchev–Trinajstić information content (AvgIpc) is 2.71. The van der Waals surface area contributed by atoms with Crippen molar-refractivity contribution in [1.29, 1.82) is 0 Å². The van der Waals surface area contributed by atoms with E-state index < -0.39 is 5.97 Å². The number of rotatable bonds is 6. The van der Waals surface area contributed by atoms with Crippen LogP contribution in [0.5, 0.6) is 23.0 Å². The first kappa shape index (κ1) is 20.8. The fourth-order valence-electron chi connectivity index (χ4n) is 4.15. The van der Waals surface area contributed by atoms with Crippen LogP contribution in [0, 0.1) is 11.8 Å². The molecule has 0 aliphatic heterocycles. The minimum absolute atomic E-state index is 0.00989. The Morgan fingerprint density at radius 2 is 1.76 bits per heavy atom. The number of hydrogen-bond acceptors (Lipinski definition) is 7. The lowest BCUT2D eigenvalue weighted by Gasteiger charge is -2.39. The van der Waals surface area contributed by atoms with E-state index in [4.69, 9.17) is 14.2 Å². The van der Waals surface area contributed by atoms with Crippen LogP contribution in [-0.4, -0.2) is 48.7 Å². The van der Waals surface area contributed by atoms with Gasteiger partial charge in [0.25, 0.3) is 0 Å². The van der Waals surface area contributed by atoms with Gasteiger partial charge in [0.05, 0.1) is 20.8 Å². The molecule has 0 saturated carbocycles. The third kappa shape index (κ3) is 4.10. The summed E-state index contributed by atoms with van der Waals surface area (Å²) in [4.78, 5) is 11.5. The topological polar surface area (TPSA) is 105 Å². The molecule has 3 N–H and O–H groups in total. The quantitative estimate of drug-likeness (QED) is 0.638. The zero-order valence-electron chi connectivity index (χ0n) is 16.7. The molecule has 1 aliphatic rings. The van der Waals surface area contributed by atoms with Gasteiger partial charge in [-0.25, -0.2) is 0 Å². The third-order valence-corrected chi connectivity index (χ3v) is 5.57. The summed E-state index contributed by atoms with van der Waals surface area (Å²) in [6.45, 7) is 1.39. The zero-order chi connectivity index (χ0) is 21.1. The highest BCUT2D eigenvalue weighted by Gasteiger charge is 2.39. The highest BCUT2D eigenvalue weighted by Crippen LogP contribution is 2.48. The van der Waals surface area contributed by atoms with Crippen LogP contribution in [-0.2, 0) is 16.0 Å². The van der Waals surface area contributed by atoms with E-state index in [0.29, 0.717) is 17.9 Å². The molecule has 2 aromatic carbocycles. The molecular formula is C22H26O7. The van der Waals surface area contributed by atoms with Crippen molar-refractivity contribution in [3.63, 3.8) is 0 Å². The lowest BCUT2D eigenvalue weighted by Crippen LogP contribution is -2.36. The number of phenols is 2. The number of fused-ring (bicyclic) bond motifs is 1. The van der Waals surface area contributed by atoms with Crippen molar-refractivity contribution >= 4 is 5.97 Å². The Hall–Kier alpha value is -2.93. The highest BCUT2D eigenvalue weighted by molar-refractivity contribution is 5.66. The molecule has 2 aromatic rings. The minimum Gasteiger partial charge on any atom is -0.504 e. The third-order valence-electron chi connectivity index (χ3n) is 5.57. The average molecular weight is 402 g/mol. The molecule has 0 saturated heterocycles. The maximum atomic E-state index is 11.5. The summed E-state index contributed by atoms with van der Waals surface area (Å²) in [5, 5.41) is 30.4. The van der Waals surface area contributed by atoms with Gasteiger partial charge in [-0.15, -0.1) is 0 Å². The van der Waals surface area contributed by atoms with E-state index in [9.17, 15) is 20.1 Å². The number of esters is 1. The van der Waals surface area contributed by atoms with Gasteiger partial charge < -0.3 is 29.5 Å². The molecule has 7 heteroatoms. The minimum atomic E-state index is -0.396. The molecular weight excluding hydrogens is 376 g/mol. The number of aliphatic hydroxyl groups excluding tert-OH is 1. The number of aromatic hydroxyl groups is 2. The number of hydrogen-bond donors (Lipinski definition) is 3. The molecule has 0 bridgehead atoms. The second kappa shape index (κ2) is 8.61. The summed E-state index contributed by atoms with van der Waals surface area (Å²) in [5.74, 6) is -0.371. The second-order valence-electron chi connectivity index (χ2n) is 7.25. The van der Waals surface area contributed by atoms with E-state index in [1.165, 1.54) is 21.1 Å². The van der Waals surface area contributed by atoms with Crippen LogP contribution in [0.4, 0.5) is 0 Å². The summed E-state index contributed by atoms with van der Waals surface area (Å²) in [5.41, 5.74) is 2.62. The highest BCUT2D eigenvalue weighted by atomic mass is 16.5. The number of carbonyl (C=O) groups is 1. The maximum Gasteiger partial charge on any atom is 0.302 e. The summed E-state index contributed by atoms with van der Waals surface area (Å²) in [6, 6.07) is 8.48. The second-order valence-corrected chi connectivity index (χ2v) is 7.25. The van der Waals surface area contributed by atoms with E-state index in [0.717, 1.165) is 16.7 Å². The number of phenolic OH excluding ortho intramolecular Hbond substituents is 2. The Kier molecular flexibility index (Phi) is 6.17. The molecule has 3 atom stereocenters. The Morgan fingerprint density at radius 3 is 2.38 bits per heavy atom. The molecule has 3 rings (SSSR count). The van der Waals surface area contributed by atoms with Crippen LogP contribution in [0.2, 0.25) is 0 Å². The van der Waals surface area contributed by atoms with E-state index in [2.05, 4.69) is 0 Å². The van der Waals surface area contributed by atoms with Crippen molar-refractivity contribution < 1.29 is 34.3 Å². The molecule has 1 aliphatic carbocycles. The number of aliphatic hydroxyl groups is 1. The van der Waals surface area contributed by atoms with Crippen molar-refractivity contribution in [2.75, 3.05) is 27.4 Å². The zero-order valence-corrected chi connectivity index (χ0v) is 16.7. The number of benzene rings is 2. The smallest absolute Gasteiger partial charge is 0.302 e. The molecule has 156 valence electrons. The van der Waals surface area contributed by atoms with Gasteiger partial charge in [-0.05, 0) is 53.3 Å². The first-order chi connectivity index (χ1) is 13.9. The van der Waals surface area contributed by atoms with Gasteiger partial charge in [0.1, 0.15) is 0 Å². The molecule has 29 heavy (non-hydrogen) atoms. The monoisotopic (exact) mass is 402 g/mol. The van der Waals surface area contributed by atoms with Crippen LogP contribution in [0.3, 0.4) is 0 Å². The standard InChI is InChI=1S/C22H26O7/c1-12(24)29-11-17-15(10-23)6-14-8-21(28-3)19(26)9-16(14)22(17)13-4-5-18(25)20(7-13)27-2/h4-5,7-9,15,17,22-23,25-26H,6,10-11H2,1-3H3/t15-,17-,22-/m0/s1. The largest absolute Gasteiger partial charge is 0.504 e. The normalized spacial score (nSPS) is 20.6. The molecule has 0 heterocycles. The van der Waals surface area contributed by atoms with Crippen LogP contribution >= 0.6 is 0 Å². The molecule has 0 amide bonds. The maximum absolute atomic E-state index is 11.5. The van der Waals surface area contributed by atoms with Gasteiger partial charge in [-0.3, -0.25) is 4.79 Å². The molecule has 0 unspecified atom stereocenters. The van der Waals surface area contributed by atoms with E-state index in [-0.39, 0.29) is 42.5 Å². The fraction of sp³-hybridized carbons (Fsp3) is 0.409. The van der Waals surface area contributed by atoms with Crippen LogP contribution in [0.25, 0.3) is 0 Å². The van der Waals surface area contributed by atoms with E-state index in [1.807, 2.05) is 0 Å². The Balaban J connectivity index is 2.17. The van der Waals surface area contributed by atoms with Crippen LogP contribution in [0.1, 0.15) is 29.5 Å². The van der Waals surface area contributed by atoms with Crippen molar-refractivity contribution in [2.24, 2.45) is 11.8 Å². The lowest BCUT2D eigenvalue weighted by molar-refractivity contribution is -0.143. The number of ether oxygens (including phenoxy) is 3. The summed E-state index contributed by atoms with van der Waals surface area (Å²) >= 11 is 0. The Labute approximate surface area is 169 Å². The van der Waals surface area contributed by atoms with E-state index >= 15 is 0 Å². The van der Waals surface area contributed by atoms with Gasteiger partial charge in [0.2, 0.25) is 0 Å². The Morgan fingerprint density at radius 1 is 1.07 bits per heavy atom. The first-order valence-corrected chi connectivity index (χ1v) is 9.40. The van der Waals surface area contributed by atoms with Crippen molar-refractivity contribution in [3.8, 4) is 23.0 Å². The van der Waals surface area contributed by atoms with Gasteiger partial charge in [0, 0.05) is 25.4 Å².